The third-order valence-corrected chi connectivity index (χ3v) is 6.67. The van der Waals surface area contributed by atoms with Gasteiger partial charge in [-0.05, 0) is 26.8 Å². The van der Waals surface area contributed by atoms with Gasteiger partial charge in [0, 0.05) is 60.1 Å². The van der Waals surface area contributed by atoms with Crippen LogP contribution in [0, 0.1) is 0 Å². The lowest BCUT2D eigenvalue weighted by Gasteiger charge is -2.40. The molecule has 2 heterocycles. The van der Waals surface area contributed by atoms with Crippen LogP contribution in [0.15, 0.2) is 12.4 Å². The molecule has 1 aliphatic heterocycles. The fraction of sp³-hybridized carbons (Fsp3) is 0.800. The highest BCUT2D eigenvalue weighted by Crippen LogP contribution is 2.35. The zero-order valence-electron chi connectivity index (χ0n) is 18.6. The summed E-state index contributed by atoms with van der Waals surface area (Å²) in [6.07, 6.45) is 4.81. The largest absolute Gasteiger partial charge is 0.444 e. The molecule has 1 fully saturated rings. The van der Waals surface area contributed by atoms with Gasteiger partial charge in [0.1, 0.15) is 23.8 Å². The van der Waals surface area contributed by atoms with Gasteiger partial charge >= 0.3 is 6.09 Å². The Labute approximate surface area is 170 Å². The number of amides is 1. The molecule has 1 aromatic rings. The maximum absolute atomic E-state index is 12.3. The molecular weight excluding hydrogens is 374 g/mol. The van der Waals surface area contributed by atoms with Crippen LogP contribution in [0.5, 0.6) is 0 Å². The minimum atomic E-state index is -1.11. The van der Waals surface area contributed by atoms with E-state index in [0.29, 0.717) is 32.7 Å². The van der Waals surface area contributed by atoms with Gasteiger partial charge in [0.05, 0.1) is 0 Å². The molecule has 0 atom stereocenters. The van der Waals surface area contributed by atoms with Crippen LogP contribution in [0.4, 0.5) is 4.79 Å². The molecule has 1 aliphatic rings. The Hall–Kier alpha value is -1.38. The molecule has 0 N–H and O–H groups in total. The number of carbonyl (C=O) groups excluding carboxylic acids is 1. The van der Waals surface area contributed by atoms with Crippen LogP contribution in [0.2, 0.25) is 25.7 Å². The van der Waals surface area contributed by atoms with Crippen LogP contribution >= 0.6 is 0 Å². The highest BCUT2D eigenvalue weighted by molar-refractivity contribution is 6.76. The minimum absolute atomic E-state index is 0.268. The van der Waals surface area contributed by atoms with E-state index in [9.17, 15) is 4.79 Å². The number of carbonyl (C=O) groups is 1. The Morgan fingerprint density at radius 2 is 1.89 bits per heavy atom. The molecule has 1 aromatic heterocycles. The zero-order valence-corrected chi connectivity index (χ0v) is 19.6. The van der Waals surface area contributed by atoms with Gasteiger partial charge in [-0.2, -0.15) is 0 Å². The topological polar surface area (TPSA) is 65.8 Å². The number of hydrogen-bond donors (Lipinski definition) is 0. The van der Waals surface area contributed by atoms with Crippen LogP contribution in [-0.4, -0.2) is 61.0 Å². The number of aromatic nitrogens is 2. The summed E-state index contributed by atoms with van der Waals surface area (Å²) in [6, 6.07) is 1.14. The molecule has 0 aliphatic carbocycles. The van der Waals surface area contributed by atoms with Crippen molar-refractivity contribution >= 4 is 14.2 Å². The molecule has 28 heavy (non-hydrogen) atoms. The van der Waals surface area contributed by atoms with E-state index in [1.54, 1.807) is 18.2 Å². The molecule has 160 valence electrons. The summed E-state index contributed by atoms with van der Waals surface area (Å²) in [5.74, 6) is 0.867. The van der Waals surface area contributed by atoms with Crippen molar-refractivity contribution in [2.45, 2.75) is 77.2 Å². The Morgan fingerprint density at radius 1 is 1.25 bits per heavy atom. The molecule has 7 nitrogen and oxygen atoms in total. The third-order valence-electron chi connectivity index (χ3n) is 4.96. The van der Waals surface area contributed by atoms with E-state index in [4.69, 9.17) is 14.2 Å². The number of hydrogen-bond acceptors (Lipinski definition) is 5. The van der Waals surface area contributed by atoms with E-state index in [2.05, 4.69) is 24.6 Å². The monoisotopic (exact) mass is 411 g/mol. The summed E-state index contributed by atoms with van der Waals surface area (Å²) in [7, 11) is 0.610. The summed E-state index contributed by atoms with van der Waals surface area (Å²) < 4.78 is 19.4. The molecule has 0 bridgehead atoms. The van der Waals surface area contributed by atoms with Crippen molar-refractivity contribution < 1.29 is 19.0 Å². The van der Waals surface area contributed by atoms with Gasteiger partial charge < -0.3 is 23.7 Å². The standard InChI is InChI=1S/C20H37N3O4Si/c1-19(2,3)27-18(24)22-11-8-20(25-4,9-12-22)17-21-10-13-23(17)16-26-14-15-28(5,6)7/h10,13H,8-9,11-12,14-16H2,1-7H3. The number of rotatable bonds is 7. The molecule has 0 saturated carbocycles. The van der Waals surface area contributed by atoms with Crippen molar-refractivity contribution in [3.63, 3.8) is 0 Å². The maximum atomic E-state index is 12.3. The van der Waals surface area contributed by atoms with Gasteiger partial charge in [0.15, 0.2) is 0 Å². The van der Waals surface area contributed by atoms with Crippen molar-refractivity contribution in [2.75, 3.05) is 26.8 Å². The summed E-state index contributed by atoms with van der Waals surface area (Å²) in [5, 5.41) is 0. The molecule has 8 heteroatoms. The zero-order chi connectivity index (χ0) is 21.0. The lowest BCUT2D eigenvalue weighted by atomic mass is 9.90. The van der Waals surface area contributed by atoms with E-state index in [1.165, 1.54) is 0 Å². The van der Waals surface area contributed by atoms with Gasteiger partial charge in [0.2, 0.25) is 0 Å². The first kappa shape index (κ1) is 22.9. The smallest absolute Gasteiger partial charge is 0.410 e. The van der Waals surface area contributed by atoms with E-state index in [-0.39, 0.29) is 6.09 Å². The van der Waals surface area contributed by atoms with Crippen molar-refractivity contribution in [2.24, 2.45) is 0 Å². The SMILES string of the molecule is COC1(c2nccn2COCC[Si](C)(C)C)CCN(C(=O)OC(C)(C)C)CC1. The lowest BCUT2D eigenvalue weighted by molar-refractivity contribution is -0.0757. The quantitative estimate of drug-likeness (QED) is 0.500. The fourth-order valence-electron chi connectivity index (χ4n) is 3.25. The average Bonchev–Trinajstić information content (AvgIpc) is 3.05. The minimum Gasteiger partial charge on any atom is -0.444 e. The Kier molecular flexibility index (Phi) is 7.33. The van der Waals surface area contributed by atoms with Crippen LogP contribution in [0.25, 0.3) is 0 Å². The molecule has 0 unspecified atom stereocenters. The summed E-state index contributed by atoms with van der Waals surface area (Å²) in [5.41, 5.74) is -0.999. The van der Waals surface area contributed by atoms with E-state index in [1.807, 2.05) is 31.5 Å². The molecule has 1 saturated heterocycles. The first-order valence-corrected chi connectivity index (χ1v) is 13.8. The predicted molar refractivity (Wildman–Crippen MR) is 112 cm³/mol. The van der Waals surface area contributed by atoms with Crippen LogP contribution in [-0.2, 0) is 26.5 Å². The number of methoxy groups -OCH3 is 1. The molecular formula is C20H37N3O4Si. The number of piperidine rings is 1. The second-order valence-electron chi connectivity index (χ2n) is 9.73. The highest BCUT2D eigenvalue weighted by atomic mass is 28.3. The Bertz CT molecular complexity index is 641. The van der Waals surface area contributed by atoms with Crippen molar-refractivity contribution in [3.05, 3.63) is 18.2 Å². The van der Waals surface area contributed by atoms with Gasteiger partial charge in [-0.3, -0.25) is 0 Å². The first-order valence-electron chi connectivity index (χ1n) is 10.1. The first-order chi connectivity index (χ1) is 13.0. The van der Waals surface area contributed by atoms with E-state index in [0.717, 1.165) is 18.5 Å². The van der Waals surface area contributed by atoms with E-state index >= 15 is 0 Å². The lowest BCUT2D eigenvalue weighted by Crippen LogP contribution is -2.48. The molecule has 1 amide bonds. The van der Waals surface area contributed by atoms with Crippen molar-refractivity contribution in [3.8, 4) is 0 Å². The Morgan fingerprint density at radius 3 is 2.43 bits per heavy atom. The number of ether oxygens (including phenoxy) is 3. The summed E-state index contributed by atoms with van der Waals surface area (Å²) >= 11 is 0. The van der Waals surface area contributed by atoms with E-state index < -0.39 is 19.3 Å². The molecule has 0 spiro atoms. The summed E-state index contributed by atoms with van der Waals surface area (Å²) in [4.78, 5) is 18.7. The van der Waals surface area contributed by atoms with Crippen molar-refractivity contribution in [1.82, 2.24) is 14.5 Å². The summed E-state index contributed by atoms with van der Waals surface area (Å²) in [6.45, 7) is 15.1. The number of imidazole rings is 1. The van der Waals surface area contributed by atoms with Crippen LogP contribution in [0.3, 0.4) is 0 Å². The van der Waals surface area contributed by atoms with Gasteiger partial charge in [0.25, 0.3) is 0 Å². The fourth-order valence-corrected chi connectivity index (χ4v) is 4.01. The molecule has 2 rings (SSSR count). The molecule has 0 aromatic carbocycles. The normalized spacial score (nSPS) is 17.6. The maximum Gasteiger partial charge on any atom is 0.410 e. The van der Waals surface area contributed by atoms with Crippen LogP contribution in [0.1, 0.15) is 39.4 Å². The van der Waals surface area contributed by atoms with Gasteiger partial charge in [-0.15, -0.1) is 0 Å². The number of likely N-dealkylation sites (tertiary alicyclic amines) is 1. The predicted octanol–water partition coefficient (Wildman–Crippen LogP) is 4.07. The second-order valence-corrected chi connectivity index (χ2v) is 15.4. The van der Waals surface area contributed by atoms with Gasteiger partial charge in [-0.1, -0.05) is 19.6 Å². The van der Waals surface area contributed by atoms with Gasteiger partial charge in [-0.25, -0.2) is 9.78 Å². The third kappa shape index (κ3) is 6.32. The number of nitrogens with zero attached hydrogens (tertiary/aromatic N) is 3. The van der Waals surface area contributed by atoms with Crippen LogP contribution < -0.4 is 0 Å². The highest BCUT2D eigenvalue weighted by Gasteiger charge is 2.41. The molecule has 0 radical (unpaired) electrons. The average molecular weight is 412 g/mol. The van der Waals surface area contributed by atoms with Crippen molar-refractivity contribution in [1.29, 1.82) is 0 Å². The Balaban J connectivity index is 1.99. The second kappa shape index (κ2) is 8.96.